The molecule has 0 saturated carbocycles. The Hall–Kier alpha value is -3.35. The molecule has 7 heteroatoms. The summed E-state index contributed by atoms with van der Waals surface area (Å²) in [5.41, 5.74) is 1.44. The number of carbonyl (C=O) groups is 3. The number of imide groups is 1. The highest BCUT2D eigenvalue weighted by atomic mass is 16.5. The number of anilines is 1. The number of hydrogen-bond acceptors (Lipinski definition) is 4. The van der Waals surface area contributed by atoms with E-state index >= 15 is 0 Å². The van der Waals surface area contributed by atoms with E-state index < -0.39 is 0 Å². The Morgan fingerprint density at radius 2 is 1.74 bits per heavy atom. The molecule has 140 valence electrons. The number of fused-ring (bicyclic) bond motifs is 1. The van der Waals surface area contributed by atoms with Gasteiger partial charge in [0, 0.05) is 18.3 Å². The molecule has 0 aliphatic carbocycles. The standard InChI is InChI=1S/C20H21N3O4/c1-2-10-21-20(26)22-14-6-5-7-15(13-14)27-12-11-23-18(24)16-8-3-4-9-17(16)19(23)25/h3-9,13H,2,10-12H2,1H3,(H2,21,22,26). The summed E-state index contributed by atoms with van der Waals surface area (Å²) in [7, 11) is 0. The maximum Gasteiger partial charge on any atom is 0.319 e. The lowest BCUT2D eigenvalue weighted by molar-refractivity contribution is 0.0631. The number of ether oxygens (including phenoxy) is 1. The summed E-state index contributed by atoms with van der Waals surface area (Å²) in [6, 6.07) is 13.4. The van der Waals surface area contributed by atoms with Gasteiger partial charge >= 0.3 is 6.03 Å². The Morgan fingerprint density at radius 3 is 2.41 bits per heavy atom. The maximum atomic E-state index is 12.3. The van der Waals surface area contributed by atoms with E-state index in [9.17, 15) is 14.4 Å². The summed E-state index contributed by atoms with van der Waals surface area (Å²) >= 11 is 0. The molecule has 0 radical (unpaired) electrons. The van der Waals surface area contributed by atoms with E-state index in [0.717, 1.165) is 6.42 Å². The molecule has 2 N–H and O–H groups in total. The van der Waals surface area contributed by atoms with Crippen LogP contribution >= 0.6 is 0 Å². The molecule has 0 spiro atoms. The van der Waals surface area contributed by atoms with Crippen molar-refractivity contribution in [3.8, 4) is 5.75 Å². The fourth-order valence-corrected chi connectivity index (χ4v) is 2.77. The largest absolute Gasteiger partial charge is 0.492 e. The van der Waals surface area contributed by atoms with Gasteiger partial charge in [0.15, 0.2) is 0 Å². The molecule has 0 bridgehead atoms. The maximum absolute atomic E-state index is 12.3. The highest BCUT2D eigenvalue weighted by molar-refractivity contribution is 6.21. The monoisotopic (exact) mass is 367 g/mol. The van der Waals surface area contributed by atoms with Crippen LogP contribution in [0.5, 0.6) is 5.75 Å². The van der Waals surface area contributed by atoms with Gasteiger partial charge < -0.3 is 15.4 Å². The van der Waals surface area contributed by atoms with E-state index in [1.807, 2.05) is 6.92 Å². The summed E-state index contributed by atoms with van der Waals surface area (Å²) in [4.78, 5) is 37.5. The van der Waals surface area contributed by atoms with Crippen LogP contribution in [0, 0.1) is 0 Å². The second-order valence-corrected chi connectivity index (χ2v) is 6.06. The molecule has 3 rings (SSSR count). The molecule has 27 heavy (non-hydrogen) atoms. The zero-order valence-corrected chi connectivity index (χ0v) is 15.0. The zero-order valence-electron chi connectivity index (χ0n) is 15.0. The molecule has 0 saturated heterocycles. The number of carbonyl (C=O) groups excluding carboxylic acids is 3. The van der Waals surface area contributed by atoms with Gasteiger partial charge in [0.2, 0.25) is 0 Å². The van der Waals surface area contributed by atoms with Crippen molar-refractivity contribution in [3.63, 3.8) is 0 Å². The van der Waals surface area contributed by atoms with Crippen molar-refractivity contribution in [2.75, 3.05) is 25.0 Å². The highest BCUT2D eigenvalue weighted by Crippen LogP contribution is 2.22. The molecule has 1 aliphatic rings. The molecule has 1 heterocycles. The Morgan fingerprint density at radius 1 is 1.04 bits per heavy atom. The van der Waals surface area contributed by atoms with E-state index in [0.29, 0.717) is 29.1 Å². The molecule has 0 unspecified atom stereocenters. The first-order valence-electron chi connectivity index (χ1n) is 8.83. The second-order valence-electron chi connectivity index (χ2n) is 6.06. The molecule has 2 aromatic carbocycles. The van der Waals surface area contributed by atoms with Crippen LogP contribution in [0.1, 0.15) is 34.1 Å². The van der Waals surface area contributed by atoms with E-state index in [4.69, 9.17) is 4.74 Å². The third-order valence-electron chi connectivity index (χ3n) is 4.09. The van der Waals surface area contributed by atoms with Crippen LogP contribution in [-0.4, -0.2) is 42.4 Å². The average molecular weight is 367 g/mol. The quantitative estimate of drug-likeness (QED) is 0.737. The Kier molecular flexibility index (Phi) is 5.71. The lowest BCUT2D eigenvalue weighted by Crippen LogP contribution is -2.33. The van der Waals surface area contributed by atoms with Gasteiger partial charge in [-0.1, -0.05) is 25.1 Å². The van der Waals surface area contributed by atoms with Crippen LogP contribution in [0.3, 0.4) is 0 Å². The normalized spacial score (nSPS) is 12.7. The number of urea groups is 1. The van der Waals surface area contributed by atoms with Crippen LogP contribution in [-0.2, 0) is 0 Å². The van der Waals surface area contributed by atoms with Crippen molar-refractivity contribution in [3.05, 3.63) is 59.7 Å². The van der Waals surface area contributed by atoms with Crippen LogP contribution in [0.4, 0.5) is 10.5 Å². The van der Waals surface area contributed by atoms with Gasteiger partial charge in [0.25, 0.3) is 11.8 Å². The van der Waals surface area contributed by atoms with Crippen LogP contribution in [0.2, 0.25) is 0 Å². The van der Waals surface area contributed by atoms with E-state index in [1.165, 1.54) is 4.90 Å². The SMILES string of the molecule is CCCNC(=O)Nc1cccc(OCCN2C(=O)c3ccccc3C2=O)c1. The summed E-state index contributed by atoms with van der Waals surface area (Å²) in [5.74, 6) is -0.0654. The van der Waals surface area contributed by atoms with Gasteiger partial charge in [-0.05, 0) is 30.7 Å². The van der Waals surface area contributed by atoms with Gasteiger partial charge in [-0.25, -0.2) is 4.79 Å². The Labute approximate surface area is 157 Å². The van der Waals surface area contributed by atoms with Crippen LogP contribution < -0.4 is 15.4 Å². The molecule has 2 aromatic rings. The van der Waals surface area contributed by atoms with Crippen molar-refractivity contribution in [1.82, 2.24) is 10.2 Å². The molecule has 7 nitrogen and oxygen atoms in total. The molecule has 0 fully saturated rings. The molecular formula is C20H21N3O4. The van der Waals surface area contributed by atoms with Crippen LogP contribution in [0.25, 0.3) is 0 Å². The van der Waals surface area contributed by atoms with Gasteiger partial charge in [-0.15, -0.1) is 0 Å². The Balaban J connectivity index is 1.54. The first-order chi connectivity index (χ1) is 13.1. The zero-order chi connectivity index (χ0) is 19.2. The fourth-order valence-electron chi connectivity index (χ4n) is 2.77. The van der Waals surface area contributed by atoms with Crippen molar-refractivity contribution in [1.29, 1.82) is 0 Å². The number of amides is 4. The number of rotatable bonds is 7. The van der Waals surface area contributed by atoms with Gasteiger partial charge in [-0.3, -0.25) is 14.5 Å². The minimum absolute atomic E-state index is 0.154. The van der Waals surface area contributed by atoms with E-state index in [2.05, 4.69) is 10.6 Å². The topological polar surface area (TPSA) is 87.7 Å². The highest BCUT2D eigenvalue weighted by Gasteiger charge is 2.34. The molecule has 4 amide bonds. The number of nitrogens with one attached hydrogen (secondary N) is 2. The molecular weight excluding hydrogens is 346 g/mol. The van der Waals surface area contributed by atoms with E-state index in [1.54, 1.807) is 48.5 Å². The average Bonchev–Trinajstić information content (AvgIpc) is 2.92. The van der Waals surface area contributed by atoms with Gasteiger partial charge in [0.05, 0.1) is 17.7 Å². The van der Waals surface area contributed by atoms with Gasteiger partial charge in [-0.2, -0.15) is 0 Å². The second kappa shape index (κ2) is 8.35. The smallest absolute Gasteiger partial charge is 0.319 e. The van der Waals surface area contributed by atoms with Gasteiger partial charge in [0.1, 0.15) is 12.4 Å². The third-order valence-corrected chi connectivity index (χ3v) is 4.09. The first kappa shape index (κ1) is 18.4. The summed E-state index contributed by atoms with van der Waals surface area (Å²) in [5, 5.41) is 5.45. The summed E-state index contributed by atoms with van der Waals surface area (Å²) in [6.45, 7) is 2.89. The number of benzene rings is 2. The summed E-state index contributed by atoms with van der Waals surface area (Å²) in [6.07, 6.45) is 0.856. The van der Waals surface area contributed by atoms with Crippen LogP contribution in [0.15, 0.2) is 48.5 Å². The predicted octanol–water partition coefficient (Wildman–Crippen LogP) is 2.89. The minimum atomic E-state index is -0.304. The van der Waals surface area contributed by atoms with Crippen molar-refractivity contribution in [2.24, 2.45) is 0 Å². The predicted molar refractivity (Wildman–Crippen MR) is 101 cm³/mol. The fraction of sp³-hybridized carbons (Fsp3) is 0.250. The van der Waals surface area contributed by atoms with Crippen molar-refractivity contribution >= 4 is 23.5 Å². The van der Waals surface area contributed by atoms with Crippen molar-refractivity contribution in [2.45, 2.75) is 13.3 Å². The number of hydrogen-bond donors (Lipinski definition) is 2. The molecule has 1 aliphatic heterocycles. The Bertz CT molecular complexity index is 831. The third kappa shape index (κ3) is 4.25. The number of nitrogens with zero attached hydrogens (tertiary/aromatic N) is 1. The lowest BCUT2D eigenvalue weighted by Gasteiger charge is -2.15. The summed E-state index contributed by atoms with van der Waals surface area (Å²) < 4.78 is 5.65. The molecule has 0 aromatic heterocycles. The minimum Gasteiger partial charge on any atom is -0.492 e. The van der Waals surface area contributed by atoms with E-state index in [-0.39, 0.29) is 31.0 Å². The van der Waals surface area contributed by atoms with Crippen molar-refractivity contribution < 1.29 is 19.1 Å². The molecule has 0 atom stereocenters. The lowest BCUT2D eigenvalue weighted by atomic mass is 10.1. The first-order valence-corrected chi connectivity index (χ1v) is 8.83.